The zero-order chi connectivity index (χ0) is 18.1. The summed E-state index contributed by atoms with van der Waals surface area (Å²) in [6.45, 7) is 4.14. The fourth-order valence-corrected chi connectivity index (χ4v) is 2.06. The van der Waals surface area contributed by atoms with Crippen molar-refractivity contribution in [3.63, 3.8) is 0 Å². The van der Waals surface area contributed by atoms with Crippen molar-refractivity contribution in [2.45, 2.75) is 33.1 Å². The Hall–Kier alpha value is -2.96. The highest BCUT2D eigenvalue weighted by Crippen LogP contribution is 2.16. The average molecular weight is 342 g/mol. The van der Waals surface area contributed by atoms with Crippen molar-refractivity contribution in [2.24, 2.45) is 0 Å². The highest BCUT2D eigenvalue weighted by molar-refractivity contribution is 5.90. The van der Waals surface area contributed by atoms with Crippen LogP contribution in [0, 0.1) is 0 Å². The van der Waals surface area contributed by atoms with E-state index in [2.05, 4.69) is 20.8 Å². The van der Waals surface area contributed by atoms with Crippen molar-refractivity contribution in [2.75, 3.05) is 17.2 Å². The second-order valence-electron chi connectivity index (χ2n) is 5.38. The van der Waals surface area contributed by atoms with E-state index < -0.39 is 0 Å². The van der Waals surface area contributed by atoms with Gasteiger partial charge in [0.25, 0.3) is 0 Å². The molecule has 25 heavy (non-hydrogen) atoms. The first-order valence-corrected chi connectivity index (χ1v) is 8.30. The van der Waals surface area contributed by atoms with E-state index in [-0.39, 0.29) is 11.9 Å². The number of esters is 1. The van der Waals surface area contributed by atoms with Crippen molar-refractivity contribution >= 4 is 29.2 Å². The van der Waals surface area contributed by atoms with Gasteiger partial charge < -0.3 is 15.4 Å². The van der Waals surface area contributed by atoms with Gasteiger partial charge in [-0.05, 0) is 49.7 Å². The molecule has 0 bridgehead atoms. The van der Waals surface area contributed by atoms with Gasteiger partial charge in [0.1, 0.15) is 0 Å². The molecule has 2 rings (SSSR count). The SMILES string of the molecule is CCCCC(=O)Nc1ccc(Nc2ccc(C(=O)OCC)cc2)nn1. The Morgan fingerprint density at radius 1 is 1.00 bits per heavy atom. The summed E-state index contributed by atoms with van der Waals surface area (Å²) in [7, 11) is 0. The van der Waals surface area contributed by atoms with Crippen LogP contribution in [0.25, 0.3) is 0 Å². The standard InChI is InChI=1S/C18H22N4O3/c1-3-5-6-17(23)20-16-12-11-15(21-22-16)19-14-9-7-13(8-10-14)18(24)25-4-2/h7-12H,3-6H2,1-2H3,(H,19,21)(H,20,22,23). The lowest BCUT2D eigenvalue weighted by atomic mass is 10.2. The first-order chi connectivity index (χ1) is 12.1. The smallest absolute Gasteiger partial charge is 0.338 e. The van der Waals surface area contributed by atoms with E-state index in [1.807, 2.05) is 6.92 Å². The van der Waals surface area contributed by atoms with Gasteiger partial charge in [0.15, 0.2) is 11.6 Å². The first-order valence-electron chi connectivity index (χ1n) is 8.30. The van der Waals surface area contributed by atoms with Crippen LogP contribution in [0.4, 0.5) is 17.3 Å². The van der Waals surface area contributed by atoms with Crippen molar-refractivity contribution in [1.29, 1.82) is 0 Å². The number of ether oxygens (including phenoxy) is 1. The summed E-state index contributed by atoms with van der Waals surface area (Å²) in [5, 5.41) is 13.8. The van der Waals surface area contributed by atoms with Gasteiger partial charge >= 0.3 is 5.97 Å². The third-order valence-electron chi connectivity index (χ3n) is 3.36. The molecule has 1 amide bonds. The number of carbonyl (C=O) groups is 2. The van der Waals surface area contributed by atoms with Gasteiger partial charge in [-0.25, -0.2) is 4.79 Å². The van der Waals surface area contributed by atoms with E-state index in [9.17, 15) is 9.59 Å². The topological polar surface area (TPSA) is 93.2 Å². The Kier molecular flexibility index (Phi) is 6.88. The Balaban J connectivity index is 1.92. The highest BCUT2D eigenvalue weighted by Gasteiger charge is 2.07. The van der Waals surface area contributed by atoms with Crippen LogP contribution < -0.4 is 10.6 Å². The lowest BCUT2D eigenvalue weighted by Gasteiger charge is -2.07. The van der Waals surface area contributed by atoms with Gasteiger partial charge in [0, 0.05) is 12.1 Å². The molecule has 0 atom stereocenters. The van der Waals surface area contributed by atoms with Gasteiger partial charge in [-0.3, -0.25) is 4.79 Å². The van der Waals surface area contributed by atoms with Crippen LogP contribution >= 0.6 is 0 Å². The number of hydrogen-bond donors (Lipinski definition) is 2. The van der Waals surface area contributed by atoms with E-state index in [1.165, 1.54) is 0 Å². The molecule has 0 aliphatic rings. The van der Waals surface area contributed by atoms with E-state index in [0.29, 0.717) is 30.2 Å². The number of rotatable bonds is 8. The minimum absolute atomic E-state index is 0.0635. The maximum atomic E-state index is 11.6. The Morgan fingerprint density at radius 2 is 1.68 bits per heavy atom. The lowest BCUT2D eigenvalue weighted by molar-refractivity contribution is -0.116. The molecule has 1 aromatic heterocycles. The highest BCUT2D eigenvalue weighted by atomic mass is 16.5. The van der Waals surface area contributed by atoms with Crippen LogP contribution in [0.1, 0.15) is 43.5 Å². The number of anilines is 3. The van der Waals surface area contributed by atoms with Crippen LogP contribution in [0.5, 0.6) is 0 Å². The van der Waals surface area contributed by atoms with Crippen LogP contribution in [-0.2, 0) is 9.53 Å². The molecule has 0 fully saturated rings. The quantitative estimate of drug-likeness (QED) is 0.713. The summed E-state index contributed by atoms with van der Waals surface area (Å²) in [5.74, 6) is 0.545. The number of hydrogen-bond acceptors (Lipinski definition) is 6. The molecule has 0 unspecified atom stereocenters. The Morgan fingerprint density at radius 3 is 2.28 bits per heavy atom. The molecule has 2 aromatic rings. The lowest BCUT2D eigenvalue weighted by Crippen LogP contribution is -2.12. The molecule has 1 aromatic carbocycles. The number of aromatic nitrogens is 2. The maximum absolute atomic E-state index is 11.6. The predicted octanol–water partition coefficient (Wildman–Crippen LogP) is 3.53. The summed E-state index contributed by atoms with van der Waals surface area (Å²) >= 11 is 0. The molecule has 0 spiro atoms. The van der Waals surface area contributed by atoms with Gasteiger partial charge in [-0.15, -0.1) is 10.2 Å². The summed E-state index contributed by atoms with van der Waals surface area (Å²) in [5.41, 5.74) is 1.26. The number of carbonyl (C=O) groups excluding carboxylic acids is 2. The summed E-state index contributed by atoms with van der Waals surface area (Å²) in [6.07, 6.45) is 2.29. The molecule has 2 N–H and O–H groups in total. The minimum atomic E-state index is -0.350. The molecule has 0 saturated carbocycles. The van der Waals surface area contributed by atoms with Crippen LogP contribution in [-0.4, -0.2) is 28.7 Å². The number of amides is 1. The minimum Gasteiger partial charge on any atom is -0.462 e. The fraction of sp³-hybridized carbons (Fsp3) is 0.333. The van der Waals surface area contributed by atoms with E-state index in [0.717, 1.165) is 18.5 Å². The van der Waals surface area contributed by atoms with E-state index >= 15 is 0 Å². The van der Waals surface area contributed by atoms with Gasteiger partial charge in [0.05, 0.1) is 12.2 Å². The number of nitrogens with one attached hydrogen (secondary N) is 2. The number of nitrogens with zero attached hydrogens (tertiary/aromatic N) is 2. The van der Waals surface area contributed by atoms with Crippen molar-refractivity contribution in [3.05, 3.63) is 42.0 Å². The molecule has 0 aliphatic heterocycles. The van der Waals surface area contributed by atoms with Gasteiger partial charge in [0.2, 0.25) is 5.91 Å². The van der Waals surface area contributed by atoms with Crippen LogP contribution in [0.3, 0.4) is 0 Å². The molecule has 7 nitrogen and oxygen atoms in total. The Labute approximate surface area is 146 Å². The first kappa shape index (κ1) is 18.4. The zero-order valence-electron chi connectivity index (χ0n) is 14.4. The predicted molar refractivity (Wildman–Crippen MR) is 95.9 cm³/mol. The van der Waals surface area contributed by atoms with Gasteiger partial charge in [-0.1, -0.05) is 13.3 Å². The number of unbranched alkanes of at least 4 members (excludes halogenated alkanes) is 1. The summed E-state index contributed by atoms with van der Waals surface area (Å²) in [6, 6.07) is 10.3. The molecule has 0 aliphatic carbocycles. The molecular formula is C18H22N4O3. The molecule has 0 radical (unpaired) electrons. The Bertz CT molecular complexity index is 699. The normalized spacial score (nSPS) is 10.2. The second-order valence-corrected chi connectivity index (χ2v) is 5.38. The van der Waals surface area contributed by atoms with Gasteiger partial charge in [-0.2, -0.15) is 0 Å². The van der Waals surface area contributed by atoms with Crippen molar-refractivity contribution in [3.8, 4) is 0 Å². The van der Waals surface area contributed by atoms with E-state index in [4.69, 9.17) is 4.74 Å². The maximum Gasteiger partial charge on any atom is 0.338 e. The third kappa shape index (κ3) is 5.87. The molecule has 0 saturated heterocycles. The third-order valence-corrected chi connectivity index (χ3v) is 3.36. The largest absolute Gasteiger partial charge is 0.462 e. The molecular weight excluding hydrogens is 320 g/mol. The fourth-order valence-electron chi connectivity index (χ4n) is 2.06. The molecule has 132 valence electrons. The van der Waals surface area contributed by atoms with E-state index in [1.54, 1.807) is 43.3 Å². The summed E-state index contributed by atoms with van der Waals surface area (Å²) in [4.78, 5) is 23.3. The average Bonchev–Trinajstić information content (AvgIpc) is 2.62. The monoisotopic (exact) mass is 342 g/mol. The molecule has 1 heterocycles. The summed E-state index contributed by atoms with van der Waals surface area (Å²) < 4.78 is 4.94. The van der Waals surface area contributed by atoms with Crippen LogP contribution in [0.15, 0.2) is 36.4 Å². The number of benzene rings is 1. The molecule has 7 heteroatoms. The second kappa shape index (κ2) is 9.36. The van der Waals surface area contributed by atoms with Crippen molar-refractivity contribution < 1.29 is 14.3 Å². The zero-order valence-corrected chi connectivity index (χ0v) is 14.4. The van der Waals surface area contributed by atoms with Crippen LogP contribution in [0.2, 0.25) is 0 Å². The van der Waals surface area contributed by atoms with Crippen molar-refractivity contribution in [1.82, 2.24) is 10.2 Å².